The number of anilines is 1. The van der Waals surface area contributed by atoms with E-state index in [-0.39, 0.29) is 17.3 Å². The molecule has 29 heavy (non-hydrogen) atoms. The summed E-state index contributed by atoms with van der Waals surface area (Å²) in [7, 11) is 0. The molecule has 0 aliphatic carbocycles. The fourth-order valence-electron chi connectivity index (χ4n) is 4.08. The van der Waals surface area contributed by atoms with Crippen molar-refractivity contribution in [1.29, 1.82) is 5.26 Å². The van der Waals surface area contributed by atoms with Gasteiger partial charge in [0.15, 0.2) is 0 Å². The maximum absolute atomic E-state index is 13.1. The summed E-state index contributed by atoms with van der Waals surface area (Å²) in [4.78, 5) is 26.5. The van der Waals surface area contributed by atoms with Crippen LogP contribution in [0.4, 0.5) is 11.4 Å². The van der Waals surface area contributed by atoms with Gasteiger partial charge < -0.3 is 4.90 Å². The summed E-state index contributed by atoms with van der Waals surface area (Å²) in [6.07, 6.45) is 4.59. The third kappa shape index (κ3) is 3.23. The molecule has 0 unspecified atom stereocenters. The van der Waals surface area contributed by atoms with Gasteiger partial charge in [-0.2, -0.15) is 5.26 Å². The van der Waals surface area contributed by atoms with Crippen molar-refractivity contribution < 1.29 is 9.72 Å². The van der Waals surface area contributed by atoms with Crippen LogP contribution in [0.5, 0.6) is 0 Å². The zero-order valence-corrected chi connectivity index (χ0v) is 16.0. The molecule has 2 aromatic carbocycles. The van der Waals surface area contributed by atoms with Crippen LogP contribution >= 0.6 is 0 Å². The molecule has 0 N–H and O–H groups in total. The molecule has 0 saturated carbocycles. The fourth-order valence-corrected chi connectivity index (χ4v) is 4.08. The van der Waals surface area contributed by atoms with Gasteiger partial charge in [0, 0.05) is 35.8 Å². The van der Waals surface area contributed by atoms with Gasteiger partial charge in [-0.3, -0.25) is 19.5 Å². The summed E-state index contributed by atoms with van der Waals surface area (Å²) in [5, 5.41) is 21.8. The average Bonchev–Trinajstić information content (AvgIpc) is 3.12. The lowest BCUT2D eigenvalue weighted by Crippen LogP contribution is -2.37. The van der Waals surface area contributed by atoms with Crippen LogP contribution in [0.25, 0.3) is 10.9 Å². The van der Waals surface area contributed by atoms with E-state index in [9.17, 15) is 20.2 Å². The van der Waals surface area contributed by atoms with Gasteiger partial charge in [-0.05, 0) is 44.4 Å². The van der Waals surface area contributed by atoms with E-state index in [0.717, 1.165) is 25.8 Å². The van der Waals surface area contributed by atoms with Crippen molar-refractivity contribution in [2.45, 2.75) is 32.2 Å². The van der Waals surface area contributed by atoms with Gasteiger partial charge in [-0.15, -0.1) is 0 Å². The lowest BCUT2D eigenvalue weighted by atomic mass is 10.0. The van der Waals surface area contributed by atoms with Crippen molar-refractivity contribution in [3.05, 3.63) is 69.9 Å². The Bertz CT molecular complexity index is 1160. The third-order valence-electron chi connectivity index (χ3n) is 5.58. The Morgan fingerprint density at radius 1 is 1.24 bits per heavy atom. The lowest BCUT2D eigenvalue weighted by Gasteiger charge is -2.35. The molecule has 7 heteroatoms. The first-order chi connectivity index (χ1) is 14.0. The van der Waals surface area contributed by atoms with Gasteiger partial charge in [0.05, 0.1) is 16.0 Å². The van der Waals surface area contributed by atoms with Crippen LogP contribution in [0.3, 0.4) is 0 Å². The topological polar surface area (TPSA) is 92.2 Å². The molecule has 1 saturated heterocycles. The number of carbonyl (C=O) groups excluding carboxylic acids is 1. The number of hydrogen-bond acceptors (Lipinski definition) is 5. The average molecular weight is 388 g/mol. The van der Waals surface area contributed by atoms with E-state index < -0.39 is 10.8 Å². The molecule has 0 amide bonds. The van der Waals surface area contributed by atoms with E-state index in [4.69, 9.17) is 0 Å². The number of rotatable bonds is 3. The van der Waals surface area contributed by atoms with Crippen molar-refractivity contribution in [1.82, 2.24) is 4.57 Å². The second-order valence-electron chi connectivity index (χ2n) is 7.35. The molecule has 146 valence electrons. The summed E-state index contributed by atoms with van der Waals surface area (Å²) in [6.45, 7) is 2.83. The zero-order valence-electron chi connectivity index (χ0n) is 16.0. The van der Waals surface area contributed by atoms with E-state index in [1.54, 1.807) is 36.4 Å². The van der Waals surface area contributed by atoms with Gasteiger partial charge in [0.1, 0.15) is 11.8 Å². The number of nitro groups is 1. The summed E-state index contributed by atoms with van der Waals surface area (Å²) in [6, 6.07) is 14.1. The highest BCUT2D eigenvalue weighted by Gasteiger charge is 2.27. The van der Waals surface area contributed by atoms with Crippen LogP contribution in [0, 0.1) is 21.4 Å². The minimum absolute atomic E-state index is 0.0680. The predicted octanol–water partition coefficient (Wildman–Crippen LogP) is 4.49. The Balaban J connectivity index is 1.78. The van der Waals surface area contributed by atoms with Crippen molar-refractivity contribution in [3.8, 4) is 6.07 Å². The maximum Gasteiger partial charge on any atom is 0.293 e. The van der Waals surface area contributed by atoms with Crippen molar-refractivity contribution in [2.24, 2.45) is 0 Å². The molecule has 1 aliphatic heterocycles. The van der Waals surface area contributed by atoms with Crippen molar-refractivity contribution >= 4 is 28.2 Å². The second kappa shape index (κ2) is 7.40. The quantitative estimate of drug-likeness (QED) is 0.487. The Morgan fingerprint density at radius 3 is 2.76 bits per heavy atom. The molecule has 2 heterocycles. The number of nitro benzene ring substituents is 1. The van der Waals surface area contributed by atoms with Crippen LogP contribution in [0.15, 0.2) is 48.7 Å². The third-order valence-corrected chi connectivity index (χ3v) is 5.58. The van der Waals surface area contributed by atoms with Crippen LogP contribution < -0.4 is 4.90 Å². The molecule has 0 spiro atoms. The van der Waals surface area contributed by atoms with Crippen LogP contribution in [0.1, 0.15) is 42.1 Å². The number of aromatic nitrogens is 1. The molecule has 3 aromatic rings. The van der Waals surface area contributed by atoms with E-state index in [0.29, 0.717) is 22.2 Å². The van der Waals surface area contributed by atoms with Crippen molar-refractivity contribution in [2.75, 3.05) is 11.4 Å². The van der Waals surface area contributed by atoms with Crippen molar-refractivity contribution in [3.63, 3.8) is 0 Å². The van der Waals surface area contributed by atoms with E-state index in [1.165, 1.54) is 16.8 Å². The SMILES string of the molecule is C[C@H]1CCCCN1c1ccc(C(=O)n2cc(C#N)c3ccccc32)cc1[N+](=O)[O-]. The highest BCUT2D eigenvalue weighted by Crippen LogP contribution is 2.34. The number of para-hydroxylation sites is 1. The molecule has 0 radical (unpaired) electrons. The highest BCUT2D eigenvalue weighted by molar-refractivity contribution is 6.04. The van der Waals surface area contributed by atoms with E-state index in [2.05, 4.69) is 17.9 Å². The number of fused-ring (bicyclic) bond motifs is 1. The molecular weight excluding hydrogens is 368 g/mol. The second-order valence-corrected chi connectivity index (χ2v) is 7.35. The summed E-state index contributed by atoms with van der Waals surface area (Å²) < 4.78 is 1.39. The Morgan fingerprint density at radius 2 is 2.03 bits per heavy atom. The number of piperidine rings is 1. The minimum Gasteiger partial charge on any atom is -0.363 e. The normalized spacial score (nSPS) is 16.6. The van der Waals surface area contributed by atoms with Gasteiger partial charge in [-0.25, -0.2) is 0 Å². The van der Waals surface area contributed by atoms with Gasteiger partial charge in [-0.1, -0.05) is 18.2 Å². The Kier molecular flexibility index (Phi) is 4.77. The molecule has 4 rings (SSSR count). The zero-order chi connectivity index (χ0) is 20.5. The molecular formula is C22H20N4O3. The van der Waals surface area contributed by atoms with E-state index >= 15 is 0 Å². The summed E-state index contributed by atoms with van der Waals surface area (Å²) in [5.74, 6) is -0.399. The number of benzene rings is 2. The number of nitrogens with zero attached hydrogens (tertiary/aromatic N) is 4. The van der Waals surface area contributed by atoms with Gasteiger partial charge in [0.2, 0.25) is 0 Å². The number of carbonyl (C=O) groups is 1. The minimum atomic E-state index is -0.429. The largest absolute Gasteiger partial charge is 0.363 e. The van der Waals surface area contributed by atoms with Crippen LogP contribution in [-0.4, -0.2) is 28.0 Å². The summed E-state index contributed by atoms with van der Waals surface area (Å²) in [5.41, 5.74) is 1.69. The number of nitriles is 1. The van der Waals surface area contributed by atoms with Gasteiger partial charge >= 0.3 is 0 Å². The first kappa shape index (κ1) is 18.7. The maximum atomic E-state index is 13.1. The van der Waals surface area contributed by atoms with Crippen LogP contribution in [0.2, 0.25) is 0 Å². The molecule has 0 bridgehead atoms. The number of hydrogen-bond donors (Lipinski definition) is 0. The van der Waals surface area contributed by atoms with Gasteiger partial charge in [0.25, 0.3) is 11.6 Å². The monoisotopic (exact) mass is 388 g/mol. The first-order valence-corrected chi connectivity index (χ1v) is 9.61. The Hall–Kier alpha value is -3.66. The fraction of sp³-hybridized carbons (Fsp3) is 0.273. The Labute approximate surface area is 167 Å². The first-order valence-electron chi connectivity index (χ1n) is 9.61. The molecule has 1 aromatic heterocycles. The standard InChI is InChI=1S/C22H20N4O3/c1-15-6-4-5-11-24(15)20-10-9-16(12-21(20)26(28)29)22(27)25-14-17(13-23)18-7-2-3-8-19(18)25/h2-3,7-10,12,14-15H,4-6,11H2,1H3/t15-/m0/s1. The molecule has 7 nitrogen and oxygen atoms in total. The lowest BCUT2D eigenvalue weighted by molar-refractivity contribution is -0.384. The predicted molar refractivity (Wildman–Crippen MR) is 110 cm³/mol. The smallest absolute Gasteiger partial charge is 0.293 e. The molecule has 1 atom stereocenters. The molecule has 1 fully saturated rings. The molecule has 1 aliphatic rings. The van der Waals surface area contributed by atoms with E-state index in [1.807, 2.05) is 0 Å². The highest BCUT2D eigenvalue weighted by atomic mass is 16.6. The summed E-state index contributed by atoms with van der Waals surface area (Å²) >= 11 is 0. The van der Waals surface area contributed by atoms with Crippen LogP contribution in [-0.2, 0) is 0 Å².